The summed E-state index contributed by atoms with van der Waals surface area (Å²) in [6.45, 7) is 6.96. The van der Waals surface area contributed by atoms with Gasteiger partial charge in [0, 0.05) is 23.6 Å². The lowest BCUT2D eigenvalue weighted by Gasteiger charge is -2.19. The van der Waals surface area contributed by atoms with E-state index in [-0.39, 0.29) is 11.6 Å². The minimum absolute atomic E-state index is 0.0964. The van der Waals surface area contributed by atoms with E-state index in [9.17, 15) is 4.79 Å². The molecule has 0 aliphatic carbocycles. The Hall–Kier alpha value is -1.59. The predicted molar refractivity (Wildman–Crippen MR) is 87.9 cm³/mol. The maximum absolute atomic E-state index is 11.5. The molecule has 0 fully saturated rings. The highest BCUT2D eigenvalue weighted by atomic mass is 32.2. The van der Waals surface area contributed by atoms with E-state index < -0.39 is 0 Å². The molecule has 1 aromatic heterocycles. The first-order valence-corrected chi connectivity index (χ1v) is 8.08. The highest BCUT2D eigenvalue weighted by molar-refractivity contribution is 7.99. The van der Waals surface area contributed by atoms with Crippen LogP contribution in [0.4, 0.5) is 0 Å². The molecule has 1 unspecified atom stereocenters. The van der Waals surface area contributed by atoms with E-state index in [1.54, 1.807) is 11.8 Å². The van der Waals surface area contributed by atoms with E-state index >= 15 is 0 Å². The van der Waals surface area contributed by atoms with Gasteiger partial charge < -0.3 is 10.3 Å². The van der Waals surface area contributed by atoms with Crippen molar-refractivity contribution in [2.45, 2.75) is 32.0 Å². The quantitative estimate of drug-likeness (QED) is 0.636. The number of benzene rings is 1. The fourth-order valence-corrected chi connectivity index (χ4v) is 3.27. The van der Waals surface area contributed by atoms with Gasteiger partial charge in [-0.25, -0.2) is 4.98 Å². The second-order valence-electron chi connectivity index (χ2n) is 4.97. The molecule has 4 nitrogen and oxygen atoms in total. The van der Waals surface area contributed by atoms with Gasteiger partial charge in [0.05, 0.1) is 0 Å². The molecule has 112 valence electrons. The molecule has 0 saturated heterocycles. The molecule has 0 radical (unpaired) electrons. The molecule has 21 heavy (non-hydrogen) atoms. The summed E-state index contributed by atoms with van der Waals surface area (Å²) in [5, 5.41) is 4.18. The summed E-state index contributed by atoms with van der Waals surface area (Å²) in [5.74, 6) is 0.824. The number of nitrogens with one attached hydrogen (secondary N) is 2. The van der Waals surface area contributed by atoms with Crippen molar-refractivity contribution in [1.82, 2.24) is 15.3 Å². The van der Waals surface area contributed by atoms with Crippen molar-refractivity contribution >= 4 is 11.8 Å². The van der Waals surface area contributed by atoms with Crippen LogP contribution in [0.15, 0.2) is 40.3 Å². The summed E-state index contributed by atoms with van der Waals surface area (Å²) in [5.41, 5.74) is 3.22. The molecule has 2 aromatic rings. The second kappa shape index (κ2) is 7.43. The summed E-state index contributed by atoms with van der Waals surface area (Å²) in [7, 11) is 0. The molecule has 0 aliphatic heterocycles. The number of nitrogens with zero attached hydrogens (tertiary/aromatic N) is 1. The Balaban J connectivity index is 2.13. The highest BCUT2D eigenvalue weighted by Gasteiger charge is 2.13. The van der Waals surface area contributed by atoms with Gasteiger partial charge in [-0.1, -0.05) is 43.0 Å². The topological polar surface area (TPSA) is 57.8 Å². The number of hydrogen-bond acceptors (Lipinski definition) is 4. The fraction of sp³-hybridized carbons (Fsp3) is 0.375. The van der Waals surface area contributed by atoms with E-state index in [1.807, 2.05) is 6.92 Å². The van der Waals surface area contributed by atoms with Crippen molar-refractivity contribution in [1.29, 1.82) is 0 Å². The molecular formula is C16H21N3OS. The molecule has 0 aliphatic rings. The average Bonchev–Trinajstić information content (AvgIpc) is 2.43. The summed E-state index contributed by atoms with van der Waals surface area (Å²) in [4.78, 5) is 18.6. The Bertz CT molecular complexity index is 654. The SMILES string of the molecule is CCNC(CSc1nc(C)cc(=O)[nH]1)c1ccccc1C. The molecule has 0 amide bonds. The van der Waals surface area contributed by atoms with Crippen LogP contribution in [0.25, 0.3) is 0 Å². The Kier molecular flexibility index (Phi) is 5.59. The van der Waals surface area contributed by atoms with Crippen molar-refractivity contribution in [3.8, 4) is 0 Å². The zero-order valence-corrected chi connectivity index (χ0v) is 13.5. The summed E-state index contributed by atoms with van der Waals surface area (Å²) >= 11 is 1.57. The van der Waals surface area contributed by atoms with Gasteiger partial charge in [-0.3, -0.25) is 4.79 Å². The number of rotatable bonds is 6. The van der Waals surface area contributed by atoms with Crippen molar-refractivity contribution < 1.29 is 0 Å². The Morgan fingerprint density at radius 3 is 2.76 bits per heavy atom. The number of aromatic nitrogens is 2. The highest BCUT2D eigenvalue weighted by Crippen LogP contribution is 2.24. The molecule has 1 atom stereocenters. The lowest BCUT2D eigenvalue weighted by Crippen LogP contribution is -2.24. The Labute approximate surface area is 129 Å². The number of thioether (sulfide) groups is 1. The van der Waals surface area contributed by atoms with Gasteiger partial charge in [-0.15, -0.1) is 0 Å². The molecule has 5 heteroatoms. The van der Waals surface area contributed by atoms with Gasteiger partial charge in [0.25, 0.3) is 5.56 Å². The number of aromatic amines is 1. The fourth-order valence-electron chi connectivity index (χ4n) is 2.27. The Morgan fingerprint density at radius 1 is 1.33 bits per heavy atom. The summed E-state index contributed by atoms with van der Waals surface area (Å²) in [6, 6.07) is 10.1. The van der Waals surface area contributed by atoms with Crippen molar-refractivity contribution in [2.24, 2.45) is 0 Å². The summed E-state index contributed by atoms with van der Waals surface area (Å²) in [6.07, 6.45) is 0. The first kappa shape index (κ1) is 15.8. The van der Waals surface area contributed by atoms with Crippen molar-refractivity contribution in [3.05, 3.63) is 57.5 Å². The molecule has 1 aromatic carbocycles. The molecule has 0 saturated carbocycles. The van der Waals surface area contributed by atoms with Crippen LogP contribution in [0.2, 0.25) is 0 Å². The van der Waals surface area contributed by atoms with Gasteiger partial charge >= 0.3 is 0 Å². The van der Waals surface area contributed by atoms with Gasteiger partial charge in [0.2, 0.25) is 0 Å². The molecular weight excluding hydrogens is 282 g/mol. The van der Waals surface area contributed by atoms with Gasteiger partial charge in [-0.2, -0.15) is 0 Å². The normalized spacial score (nSPS) is 12.3. The minimum Gasteiger partial charge on any atom is -0.309 e. The molecule has 2 N–H and O–H groups in total. The lowest BCUT2D eigenvalue weighted by molar-refractivity contribution is 0.602. The van der Waals surface area contributed by atoms with Crippen LogP contribution < -0.4 is 10.9 Å². The van der Waals surface area contributed by atoms with Crippen molar-refractivity contribution in [2.75, 3.05) is 12.3 Å². The number of aryl methyl sites for hydroxylation is 2. The van der Waals surface area contributed by atoms with Crippen LogP contribution in [-0.2, 0) is 0 Å². The van der Waals surface area contributed by atoms with Crippen LogP contribution in [0.5, 0.6) is 0 Å². The molecule has 2 rings (SSSR count). The monoisotopic (exact) mass is 303 g/mol. The zero-order chi connectivity index (χ0) is 15.2. The molecule has 0 bridgehead atoms. The maximum Gasteiger partial charge on any atom is 0.251 e. The van der Waals surface area contributed by atoms with Gasteiger partial charge in [0.15, 0.2) is 5.16 Å². The van der Waals surface area contributed by atoms with Crippen LogP contribution >= 0.6 is 11.8 Å². The first-order chi connectivity index (χ1) is 10.1. The van der Waals surface area contributed by atoms with E-state index in [2.05, 4.69) is 53.4 Å². The maximum atomic E-state index is 11.5. The molecule has 0 spiro atoms. The first-order valence-electron chi connectivity index (χ1n) is 7.10. The number of hydrogen-bond donors (Lipinski definition) is 2. The summed E-state index contributed by atoms with van der Waals surface area (Å²) < 4.78 is 0. The van der Waals surface area contributed by atoms with Crippen molar-refractivity contribution in [3.63, 3.8) is 0 Å². The molecule has 1 heterocycles. The van der Waals surface area contributed by atoms with Crippen LogP contribution in [0.1, 0.15) is 29.8 Å². The predicted octanol–water partition coefficient (Wildman–Crippen LogP) is 2.83. The van der Waals surface area contributed by atoms with Crippen LogP contribution in [0.3, 0.4) is 0 Å². The standard InChI is InChI=1S/C16H21N3OS/c1-4-17-14(13-8-6-5-7-11(13)2)10-21-16-18-12(3)9-15(20)19-16/h5-9,14,17H,4,10H2,1-3H3,(H,18,19,20). The smallest absolute Gasteiger partial charge is 0.251 e. The largest absolute Gasteiger partial charge is 0.309 e. The van der Waals surface area contributed by atoms with E-state index in [0.717, 1.165) is 18.0 Å². The Morgan fingerprint density at radius 2 is 2.10 bits per heavy atom. The van der Waals surface area contributed by atoms with E-state index in [0.29, 0.717) is 5.16 Å². The third-order valence-electron chi connectivity index (χ3n) is 3.25. The third-order valence-corrected chi connectivity index (χ3v) is 4.22. The van der Waals surface area contributed by atoms with Crippen LogP contribution in [0, 0.1) is 13.8 Å². The number of H-pyrrole nitrogens is 1. The zero-order valence-electron chi connectivity index (χ0n) is 12.6. The van der Waals surface area contributed by atoms with Gasteiger partial charge in [0.1, 0.15) is 0 Å². The van der Waals surface area contributed by atoms with Gasteiger partial charge in [-0.05, 0) is 31.5 Å². The van der Waals surface area contributed by atoms with E-state index in [1.165, 1.54) is 17.2 Å². The lowest BCUT2D eigenvalue weighted by atomic mass is 10.0. The van der Waals surface area contributed by atoms with E-state index in [4.69, 9.17) is 0 Å². The third kappa shape index (κ3) is 4.44. The second-order valence-corrected chi connectivity index (χ2v) is 5.98. The van der Waals surface area contributed by atoms with Crippen LogP contribution in [-0.4, -0.2) is 22.3 Å². The average molecular weight is 303 g/mol. The minimum atomic E-state index is -0.0964.